The van der Waals surface area contributed by atoms with Gasteiger partial charge in [0.2, 0.25) is 0 Å². The molecule has 0 saturated carbocycles. The fourth-order valence-corrected chi connectivity index (χ4v) is 0.606. The van der Waals surface area contributed by atoms with Crippen LogP contribution in [0.5, 0.6) is 0 Å². The van der Waals surface area contributed by atoms with Crippen LogP contribution in [0.15, 0.2) is 12.5 Å². The Bertz CT molecular complexity index is 239. The smallest absolute Gasteiger partial charge is 0.324 e. The van der Waals surface area contributed by atoms with E-state index in [1.54, 1.807) is 0 Å². The van der Waals surface area contributed by atoms with Crippen molar-refractivity contribution >= 4 is 0 Å². The van der Waals surface area contributed by atoms with Crippen LogP contribution in [0.25, 0.3) is 0 Å². The number of imidazole rings is 1. The van der Waals surface area contributed by atoms with Gasteiger partial charge in [0.1, 0.15) is 0 Å². The van der Waals surface area contributed by atoms with E-state index in [-0.39, 0.29) is 6.67 Å². The van der Waals surface area contributed by atoms with Crippen molar-refractivity contribution in [1.82, 2.24) is 9.55 Å². The second kappa shape index (κ2) is 2.54. The molecular weight excluding hydrogens is 159 g/mol. The van der Waals surface area contributed by atoms with Gasteiger partial charge in [-0.2, -0.15) is 13.2 Å². The van der Waals surface area contributed by atoms with Crippen molar-refractivity contribution in [2.45, 2.75) is 12.8 Å². The molecule has 0 aliphatic heterocycles. The van der Waals surface area contributed by atoms with Crippen LogP contribution in [-0.2, 0) is 12.8 Å². The average Bonchev–Trinajstić information content (AvgIpc) is 2.32. The molecule has 0 aliphatic carbocycles. The minimum atomic E-state index is -4.37. The molecule has 0 atom stereocenters. The molecule has 3 nitrogen and oxygen atoms in total. The van der Waals surface area contributed by atoms with Crippen LogP contribution >= 0.6 is 0 Å². The van der Waals surface area contributed by atoms with E-state index in [1.165, 1.54) is 0 Å². The number of aromatic nitrogens is 2. The Labute approximate surface area is 60.6 Å². The van der Waals surface area contributed by atoms with Gasteiger partial charge in [0, 0.05) is 6.20 Å². The van der Waals surface area contributed by atoms with Gasteiger partial charge in [-0.05, 0) is 0 Å². The molecule has 0 radical (unpaired) electrons. The summed E-state index contributed by atoms with van der Waals surface area (Å²) >= 11 is 0. The predicted molar refractivity (Wildman–Crippen MR) is 31.4 cm³/mol. The van der Waals surface area contributed by atoms with Gasteiger partial charge in [-0.1, -0.05) is 0 Å². The van der Waals surface area contributed by atoms with Crippen LogP contribution in [0, 0.1) is 0 Å². The summed E-state index contributed by atoms with van der Waals surface area (Å²) in [6, 6.07) is 0. The second-order valence-electron chi connectivity index (χ2n) is 1.95. The fourth-order valence-electron chi connectivity index (χ4n) is 0.606. The van der Waals surface area contributed by atoms with Crippen molar-refractivity contribution in [3.05, 3.63) is 18.2 Å². The van der Waals surface area contributed by atoms with E-state index in [2.05, 4.69) is 4.98 Å². The van der Waals surface area contributed by atoms with E-state index in [4.69, 9.17) is 5.73 Å². The van der Waals surface area contributed by atoms with Crippen LogP contribution < -0.4 is 5.73 Å². The fraction of sp³-hybridized carbons (Fsp3) is 0.400. The standard InChI is InChI=1S/C5H6F3N3/c6-5(7,8)4-1-11(2-9)3-10-4/h1,3H,2,9H2. The molecule has 0 saturated heterocycles. The van der Waals surface area contributed by atoms with Crippen LogP contribution in [0.4, 0.5) is 13.2 Å². The van der Waals surface area contributed by atoms with Gasteiger partial charge in [0.05, 0.1) is 13.0 Å². The maximum Gasteiger partial charge on any atom is 0.434 e. The molecule has 0 bridgehead atoms. The summed E-state index contributed by atoms with van der Waals surface area (Å²) < 4.78 is 36.6. The molecule has 0 aliphatic rings. The molecule has 1 heterocycles. The Morgan fingerprint density at radius 1 is 1.55 bits per heavy atom. The van der Waals surface area contributed by atoms with Crippen molar-refractivity contribution in [2.24, 2.45) is 5.73 Å². The molecule has 0 amide bonds. The Kier molecular flexibility index (Phi) is 1.86. The average molecular weight is 165 g/mol. The normalized spacial score (nSPS) is 12.0. The highest BCUT2D eigenvalue weighted by atomic mass is 19.4. The van der Waals surface area contributed by atoms with E-state index < -0.39 is 11.9 Å². The SMILES string of the molecule is NCn1cnc(C(F)(F)F)c1. The molecule has 62 valence electrons. The largest absolute Gasteiger partial charge is 0.434 e. The van der Waals surface area contributed by atoms with E-state index in [9.17, 15) is 13.2 Å². The monoisotopic (exact) mass is 165 g/mol. The molecule has 0 aromatic carbocycles. The molecule has 0 fully saturated rings. The van der Waals surface area contributed by atoms with E-state index >= 15 is 0 Å². The summed E-state index contributed by atoms with van der Waals surface area (Å²) in [5, 5.41) is 0. The highest BCUT2D eigenvalue weighted by Gasteiger charge is 2.33. The lowest BCUT2D eigenvalue weighted by Gasteiger charge is -1.99. The minimum absolute atomic E-state index is 0.00306. The minimum Gasteiger partial charge on any atom is -0.324 e. The Hall–Kier alpha value is -1.04. The molecule has 6 heteroatoms. The summed E-state index contributed by atoms with van der Waals surface area (Å²) in [7, 11) is 0. The summed E-state index contributed by atoms with van der Waals surface area (Å²) in [6.07, 6.45) is -2.47. The number of nitrogens with two attached hydrogens (primary N) is 1. The molecule has 2 N–H and O–H groups in total. The predicted octanol–water partition coefficient (Wildman–Crippen LogP) is 0.818. The molecule has 0 spiro atoms. The lowest BCUT2D eigenvalue weighted by atomic mass is 10.5. The van der Waals surface area contributed by atoms with Crippen molar-refractivity contribution in [3.63, 3.8) is 0 Å². The van der Waals surface area contributed by atoms with Gasteiger partial charge < -0.3 is 10.3 Å². The number of rotatable bonds is 1. The number of hydrogen-bond donors (Lipinski definition) is 1. The third-order valence-electron chi connectivity index (χ3n) is 1.13. The summed E-state index contributed by atoms with van der Waals surface area (Å²) in [6.45, 7) is 0.00306. The van der Waals surface area contributed by atoms with Gasteiger partial charge in [0.15, 0.2) is 5.69 Å². The van der Waals surface area contributed by atoms with Crippen LogP contribution in [0.2, 0.25) is 0 Å². The lowest BCUT2D eigenvalue weighted by molar-refractivity contribution is -0.140. The van der Waals surface area contributed by atoms with E-state index in [1.807, 2.05) is 0 Å². The lowest BCUT2D eigenvalue weighted by Crippen LogP contribution is -2.06. The first-order valence-electron chi connectivity index (χ1n) is 2.83. The Morgan fingerprint density at radius 2 is 2.18 bits per heavy atom. The van der Waals surface area contributed by atoms with Crippen molar-refractivity contribution in [1.29, 1.82) is 0 Å². The first-order chi connectivity index (χ1) is 5.04. The number of alkyl halides is 3. The zero-order chi connectivity index (χ0) is 8.48. The molecule has 1 aromatic heterocycles. The van der Waals surface area contributed by atoms with Crippen molar-refractivity contribution in [2.75, 3.05) is 0 Å². The number of hydrogen-bond acceptors (Lipinski definition) is 2. The number of halogens is 3. The van der Waals surface area contributed by atoms with Gasteiger partial charge >= 0.3 is 6.18 Å². The summed E-state index contributed by atoms with van der Waals surface area (Å²) in [4.78, 5) is 3.12. The van der Waals surface area contributed by atoms with Crippen molar-refractivity contribution in [3.8, 4) is 0 Å². The third-order valence-corrected chi connectivity index (χ3v) is 1.13. The Morgan fingerprint density at radius 3 is 2.45 bits per heavy atom. The zero-order valence-corrected chi connectivity index (χ0v) is 5.47. The van der Waals surface area contributed by atoms with Gasteiger partial charge in [-0.25, -0.2) is 4.98 Å². The van der Waals surface area contributed by atoms with E-state index in [0.29, 0.717) is 0 Å². The molecule has 1 aromatic rings. The maximum atomic E-state index is 11.8. The summed E-state index contributed by atoms with van der Waals surface area (Å²) in [5.41, 5.74) is 4.15. The third kappa shape index (κ3) is 1.70. The van der Waals surface area contributed by atoms with Crippen LogP contribution in [0.3, 0.4) is 0 Å². The first-order valence-corrected chi connectivity index (χ1v) is 2.83. The molecule has 11 heavy (non-hydrogen) atoms. The van der Waals surface area contributed by atoms with Gasteiger partial charge in [-0.15, -0.1) is 0 Å². The maximum absolute atomic E-state index is 11.8. The molecular formula is C5H6F3N3. The van der Waals surface area contributed by atoms with E-state index in [0.717, 1.165) is 17.1 Å². The second-order valence-corrected chi connectivity index (χ2v) is 1.95. The quantitative estimate of drug-likeness (QED) is 0.669. The number of nitrogens with zero attached hydrogens (tertiary/aromatic N) is 2. The van der Waals surface area contributed by atoms with Gasteiger partial charge in [-0.3, -0.25) is 0 Å². The molecule has 0 unspecified atom stereocenters. The zero-order valence-electron chi connectivity index (χ0n) is 5.47. The van der Waals surface area contributed by atoms with Crippen molar-refractivity contribution < 1.29 is 13.2 Å². The molecule has 1 rings (SSSR count). The summed E-state index contributed by atoms with van der Waals surface area (Å²) in [5.74, 6) is 0. The first kappa shape index (κ1) is 8.06. The van der Waals surface area contributed by atoms with Crippen LogP contribution in [-0.4, -0.2) is 9.55 Å². The highest BCUT2D eigenvalue weighted by Crippen LogP contribution is 2.26. The van der Waals surface area contributed by atoms with Gasteiger partial charge in [0.25, 0.3) is 0 Å². The highest BCUT2D eigenvalue weighted by molar-refractivity contribution is 5.00. The van der Waals surface area contributed by atoms with Crippen LogP contribution in [0.1, 0.15) is 5.69 Å². The topological polar surface area (TPSA) is 43.8 Å². The Balaban J connectivity index is 2.89.